The van der Waals surface area contributed by atoms with E-state index in [-0.39, 0.29) is 10.7 Å². The Hall–Kier alpha value is -1.98. The third-order valence-electron chi connectivity index (χ3n) is 2.65. The van der Waals surface area contributed by atoms with Gasteiger partial charge in [0.05, 0.1) is 10.7 Å². The monoisotopic (exact) mass is 294 g/mol. The zero-order valence-corrected chi connectivity index (χ0v) is 11.2. The van der Waals surface area contributed by atoms with E-state index >= 15 is 0 Å². The van der Waals surface area contributed by atoms with Crippen molar-refractivity contribution in [3.63, 3.8) is 0 Å². The number of hydrogen-bond acceptors (Lipinski definition) is 3. The summed E-state index contributed by atoms with van der Waals surface area (Å²) in [5, 5.41) is 12.0. The van der Waals surface area contributed by atoms with Crippen molar-refractivity contribution in [3.05, 3.63) is 64.2 Å². The third kappa shape index (κ3) is 3.76. The van der Waals surface area contributed by atoms with Gasteiger partial charge in [-0.15, -0.1) is 0 Å². The van der Waals surface area contributed by atoms with E-state index in [0.29, 0.717) is 18.8 Å². The number of pyridine rings is 1. The number of carbonyl (C=O) groups is 1. The molecule has 4 nitrogen and oxygen atoms in total. The van der Waals surface area contributed by atoms with E-state index < -0.39 is 11.8 Å². The van der Waals surface area contributed by atoms with Gasteiger partial charge in [-0.2, -0.15) is 0 Å². The molecule has 0 aliphatic rings. The second kappa shape index (κ2) is 6.45. The summed E-state index contributed by atoms with van der Waals surface area (Å²) in [5.41, 5.74) is 1.47. The molecule has 0 radical (unpaired) electrons. The van der Waals surface area contributed by atoms with Crippen LogP contribution >= 0.6 is 11.6 Å². The van der Waals surface area contributed by atoms with Crippen molar-refractivity contribution in [2.24, 2.45) is 0 Å². The van der Waals surface area contributed by atoms with Crippen LogP contribution in [0.25, 0.3) is 0 Å². The maximum absolute atomic E-state index is 13.0. The first-order chi connectivity index (χ1) is 9.56. The van der Waals surface area contributed by atoms with Gasteiger partial charge < -0.3 is 10.4 Å². The molecular formula is C14H12ClFN2O2. The largest absolute Gasteiger partial charge is 0.477 e. The van der Waals surface area contributed by atoms with Gasteiger partial charge in [0.1, 0.15) is 11.5 Å². The van der Waals surface area contributed by atoms with Crippen LogP contribution in [0.15, 0.2) is 36.4 Å². The van der Waals surface area contributed by atoms with Crippen molar-refractivity contribution in [1.29, 1.82) is 0 Å². The van der Waals surface area contributed by atoms with Crippen molar-refractivity contribution in [2.45, 2.75) is 13.1 Å². The van der Waals surface area contributed by atoms with Crippen LogP contribution in [-0.2, 0) is 13.1 Å². The highest BCUT2D eigenvalue weighted by Crippen LogP contribution is 2.15. The number of hydrogen-bond donors (Lipinski definition) is 2. The normalized spacial score (nSPS) is 10.5. The summed E-state index contributed by atoms with van der Waals surface area (Å²) in [6, 6.07) is 9.30. The van der Waals surface area contributed by atoms with Crippen molar-refractivity contribution in [3.8, 4) is 0 Å². The number of halogens is 2. The molecule has 0 bridgehead atoms. The maximum atomic E-state index is 13.0. The first-order valence-corrected chi connectivity index (χ1v) is 6.28. The Morgan fingerprint density at radius 3 is 2.80 bits per heavy atom. The van der Waals surface area contributed by atoms with Crippen molar-refractivity contribution >= 4 is 17.6 Å². The topological polar surface area (TPSA) is 62.2 Å². The SMILES string of the molecule is O=C(O)c1cccc(CNCc2ccc(F)c(Cl)c2)n1. The van der Waals surface area contributed by atoms with Crippen LogP contribution in [-0.4, -0.2) is 16.1 Å². The molecule has 0 saturated heterocycles. The average molecular weight is 295 g/mol. The fourth-order valence-corrected chi connectivity index (χ4v) is 1.88. The molecule has 0 aliphatic heterocycles. The fourth-order valence-electron chi connectivity index (χ4n) is 1.68. The molecule has 0 aliphatic carbocycles. The van der Waals surface area contributed by atoms with Crippen molar-refractivity contribution in [2.75, 3.05) is 0 Å². The van der Waals surface area contributed by atoms with Crippen LogP contribution in [0.2, 0.25) is 5.02 Å². The Labute approximate surface area is 120 Å². The zero-order valence-electron chi connectivity index (χ0n) is 10.4. The highest BCUT2D eigenvalue weighted by molar-refractivity contribution is 6.30. The molecule has 2 aromatic rings. The minimum absolute atomic E-state index is 0.00845. The lowest BCUT2D eigenvalue weighted by Gasteiger charge is -2.06. The van der Waals surface area contributed by atoms with Crippen LogP contribution in [0.3, 0.4) is 0 Å². The number of rotatable bonds is 5. The van der Waals surface area contributed by atoms with Crippen LogP contribution in [0.1, 0.15) is 21.7 Å². The molecule has 0 unspecified atom stereocenters. The standard InChI is InChI=1S/C14H12ClFN2O2/c15-11-6-9(4-5-12(11)16)7-17-8-10-2-1-3-13(18-10)14(19)20/h1-6,17H,7-8H2,(H,19,20). The molecule has 20 heavy (non-hydrogen) atoms. The van der Waals surface area contributed by atoms with Gasteiger partial charge >= 0.3 is 5.97 Å². The second-order valence-electron chi connectivity index (χ2n) is 4.17. The molecule has 0 spiro atoms. The number of nitrogens with zero attached hydrogens (tertiary/aromatic N) is 1. The van der Waals surface area contributed by atoms with Crippen molar-refractivity contribution < 1.29 is 14.3 Å². The minimum atomic E-state index is -1.06. The average Bonchev–Trinajstić information content (AvgIpc) is 2.43. The Morgan fingerprint density at radius 1 is 1.30 bits per heavy atom. The van der Waals surface area contributed by atoms with E-state index in [2.05, 4.69) is 10.3 Å². The summed E-state index contributed by atoms with van der Waals surface area (Å²) in [6.07, 6.45) is 0. The number of aromatic nitrogens is 1. The molecule has 6 heteroatoms. The quantitative estimate of drug-likeness (QED) is 0.890. The smallest absolute Gasteiger partial charge is 0.354 e. The predicted molar refractivity (Wildman–Crippen MR) is 73.2 cm³/mol. The van der Waals surface area contributed by atoms with Gasteiger partial charge in [-0.3, -0.25) is 0 Å². The molecule has 2 N–H and O–H groups in total. The predicted octanol–water partition coefficient (Wildman–Crippen LogP) is 2.86. The molecular weight excluding hydrogens is 283 g/mol. The summed E-state index contributed by atoms with van der Waals surface area (Å²) in [5.74, 6) is -1.51. The summed E-state index contributed by atoms with van der Waals surface area (Å²) >= 11 is 5.68. The van der Waals surface area contributed by atoms with E-state index in [1.54, 1.807) is 24.3 Å². The molecule has 1 aromatic heterocycles. The Morgan fingerprint density at radius 2 is 2.10 bits per heavy atom. The molecule has 104 valence electrons. The van der Waals surface area contributed by atoms with Crippen LogP contribution in [0.5, 0.6) is 0 Å². The Kier molecular flexibility index (Phi) is 4.65. The lowest BCUT2D eigenvalue weighted by atomic mass is 10.2. The van der Waals surface area contributed by atoms with Crippen molar-refractivity contribution in [1.82, 2.24) is 10.3 Å². The zero-order chi connectivity index (χ0) is 14.5. The van der Waals surface area contributed by atoms with Gasteiger partial charge in [-0.1, -0.05) is 23.7 Å². The fraction of sp³-hybridized carbons (Fsp3) is 0.143. The minimum Gasteiger partial charge on any atom is -0.477 e. The number of carboxylic acids is 1. The highest BCUT2D eigenvalue weighted by atomic mass is 35.5. The number of carboxylic acid groups (broad SMARTS) is 1. The van der Waals surface area contributed by atoms with Gasteiger partial charge in [-0.05, 0) is 29.8 Å². The Balaban J connectivity index is 1.94. The summed E-state index contributed by atoms with van der Waals surface area (Å²) in [6.45, 7) is 0.898. The van der Waals surface area contributed by atoms with Gasteiger partial charge in [0.25, 0.3) is 0 Å². The maximum Gasteiger partial charge on any atom is 0.354 e. The second-order valence-corrected chi connectivity index (χ2v) is 4.58. The first kappa shape index (κ1) is 14.4. The Bertz CT molecular complexity index is 634. The molecule has 0 fully saturated rings. The molecule has 2 rings (SSSR count). The van der Waals surface area contributed by atoms with Gasteiger partial charge in [0, 0.05) is 13.1 Å². The molecule has 1 heterocycles. The summed E-state index contributed by atoms with van der Waals surface area (Å²) < 4.78 is 13.0. The van der Waals surface area contributed by atoms with E-state index in [4.69, 9.17) is 16.7 Å². The lowest BCUT2D eigenvalue weighted by Crippen LogP contribution is -2.14. The highest BCUT2D eigenvalue weighted by Gasteiger charge is 2.05. The number of aromatic carboxylic acids is 1. The van der Waals surface area contributed by atoms with E-state index in [9.17, 15) is 9.18 Å². The first-order valence-electron chi connectivity index (χ1n) is 5.90. The molecule has 1 aromatic carbocycles. The summed E-state index contributed by atoms with van der Waals surface area (Å²) in [4.78, 5) is 14.8. The summed E-state index contributed by atoms with van der Waals surface area (Å²) in [7, 11) is 0. The van der Waals surface area contributed by atoms with Gasteiger partial charge in [0.2, 0.25) is 0 Å². The van der Waals surface area contributed by atoms with E-state index in [1.165, 1.54) is 12.1 Å². The van der Waals surface area contributed by atoms with Gasteiger partial charge in [-0.25, -0.2) is 14.2 Å². The van der Waals surface area contributed by atoms with Gasteiger partial charge in [0.15, 0.2) is 0 Å². The van der Waals surface area contributed by atoms with Crippen LogP contribution in [0, 0.1) is 5.82 Å². The third-order valence-corrected chi connectivity index (χ3v) is 2.93. The molecule has 0 amide bonds. The van der Waals surface area contributed by atoms with Crippen LogP contribution in [0.4, 0.5) is 4.39 Å². The molecule has 0 atom stereocenters. The van der Waals surface area contributed by atoms with E-state index in [1.807, 2.05) is 0 Å². The number of benzene rings is 1. The van der Waals surface area contributed by atoms with Crippen LogP contribution < -0.4 is 5.32 Å². The molecule has 0 saturated carbocycles. The van der Waals surface area contributed by atoms with E-state index in [0.717, 1.165) is 5.56 Å². The number of nitrogens with one attached hydrogen (secondary N) is 1. The lowest BCUT2D eigenvalue weighted by molar-refractivity contribution is 0.0690.